The summed E-state index contributed by atoms with van der Waals surface area (Å²) >= 11 is 6.00. The fourth-order valence-corrected chi connectivity index (χ4v) is 2.43. The Labute approximate surface area is 136 Å². The molecule has 0 saturated heterocycles. The molecule has 0 spiro atoms. The summed E-state index contributed by atoms with van der Waals surface area (Å²) in [4.78, 5) is 2.17. The van der Waals surface area contributed by atoms with E-state index in [1.807, 2.05) is 18.2 Å². The number of halogens is 2. The van der Waals surface area contributed by atoms with E-state index >= 15 is 0 Å². The molecule has 0 saturated carbocycles. The fraction of sp³-hybridized carbons (Fsp3) is 0.333. The van der Waals surface area contributed by atoms with Crippen molar-refractivity contribution < 1.29 is 9.13 Å². The number of nitrogens with zero attached hydrogens (tertiary/aromatic N) is 1. The van der Waals surface area contributed by atoms with Crippen molar-refractivity contribution in [3.8, 4) is 5.75 Å². The maximum absolute atomic E-state index is 13.7. The molecule has 22 heavy (non-hydrogen) atoms. The number of hydrogen-bond donors (Lipinski definition) is 0. The second kappa shape index (κ2) is 8.16. The predicted octanol–water partition coefficient (Wildman–Crippen LogP) is 4.55. The maximum atomic E-state index is 13.7. The Morgan fingerprint density at radius 1 is 1.14 bits per heavy atom. The van der Waals surface area contributed by atoms with Crippen LogP contribution in [0.5, 0.6) is 5.75 Å². The van der Waals surface area contributed by atoms with Gasteiger partial charge in [-0.2, -0.15) is 0 Å². The average Bonchev–Trinajstić information content (AvgIpc) is 2.47. The smallest absolute Gasteiger partial charge is 0.131 e. The Morgan fingerprint density at radius 3 is 2.64 bits per heavy atom. The van der Waals surface area contributed by atoms with E-state index < -0.39 is 0 Å². The summed E-state index contributed by atoms with van der Waals surface area (Å²) in [6.45, 7) is 1.18. The van der Waals surface area contributed by atoms with E-state index in [1.165, 1.54) is 11.6 Å². The van der Waals surface area contributed by atoms with Crippen LogP contribution in [0, 0.1) is 5.82 Å². The Morgan fingerprint density at radius 2 is 1.91 bits per heavy atom. The number of aryl methyl sites for hydroxylation is 1. The average molecular weight is 322 g/mol. The zero-order valence-corrected chi connectivity index (χ0v) is 13.7. The molecule has 118 valence electrons. The number of ether oxygens (including phenoxy) is 1. The van der Waals surface area contributed by atoms with Crippen LogP contribution in [0.15, 0.2) is 42.5 Å². The summed E-state index contributed by atoms with van der Waals surface area (Å²) in [5, 5.41) is 0.391. The van der Waals surface area contributed by atoms with Gasteiger partial charge in [0.1, 0.15) is 18.2 Å². The fourth-order valence-electron chi connectivity index (χ4n) is 2.22. The van der Waals surface area contributed by atoms with Crippen LogP contribution in [0.2, 0.25) is 5.02 Å². The molecule has 0 fully saturated rings. The summed E-state index contributed by atoms with van der Waals surface area (Å²) in [6, 6.07) is 12.6. The summed E-state index contributed by atoms with van der Waals surface area (Å²) < 4.78 is 19.4. The molecule has 0 aliphatic heterocycles. The lowest BCUT2D eigenvalue weighted by Gasteiger charge is -2.11. The third-order valence-corrected chi connectivity index (χ3v) is 3.77. The topological polar surface area (TPSA) is 12.5 Å². The number of hydrogen-bond acceptors (Lipinski definition) is 2. The predicted molar refractivity (Wildman–Crippen MR) is 89.1 cm³/mol. The highest BCUT2D eigenvalue weighted by molar-refractivity contribution is 6.31. The summed E-state index contributed by atoms with van der Waals surface area (Å²) in [7, 11) is 4.13. The molecule has 4 heteroatoms. The first-order valence-electron chi connectivity index (χ1n) is 7.35. The second-order valence-electron chi connectivity index (χ2n) is 5.54. The summed E-state index contributed by atoms with van der Waals surface area (Å²) in [6.07, 6.45) is 2.09. The van der Waals surface area contributed by atoms with Gasteiger partial charge in [-0.1, -0.05) is 29.8 Å². The lowest BCUT2D eigenvalue weighted by atomic mass is 10.1. The molecule has 0 aromatic heterocycles. The van der Waals surface area contributed by atoms with Crippen molar-refractivity contribution in [1.29, 1.82) is 0 Å². The largest absolute Gasteiger partial charge is 0.489 e. The molecule has 2 rings (SSSR count). The molecule has 0 unspecified atom stereocenters. The normalized spacial score (nSPS) is 11.0. The maximum Gasteiger partial charge on any atom is 0.131 e. The van der Waals surface area contributed by atoms with Crippen LogP contribution < -0.4 is 4.74 Å². The van der Waals surface area contributed by atoms with E-state index in [1.54, 1.807) is 12.1 Å². The van der Waals surface area contributed by atoms with Gasteiger partial charge in [-0.05, 0) is 63.3 Å². The summed E-state index contributed by atoms with van der Waals surface area (Å²) in [5.41, 5.74) is 1.61. The van der Waals surface area contributed by atoms with E-state index in [4.69, 9.17) is 16.3 Å². The van der Waals surface area contributed by atoms with Crippen molar-refractivity contribution in [1.82, 2.24) is 4.90 Å². The second-order valence-corrected chi connectivity index (χ2v) is 5.95. The van der Waals surface area contributed by atoms with E-state index in [2.05, 4.69) is 25.1 Å². The van der Waals surface area contributed by atoms with Crippen LogP contribution in [0.1, 0.15) is 17.5 Å². The van der Waals surface area contributed by atoms with Crippen molar-refractivity contribution in [3.05, 3.63) is 64.4 Å². The Kier molecular flexibility index (Phi) is 6.22. The van der Waals surface area contributed by atoms with Gasteiger partial charge < -0.3 is 9.64 Å². The van der Waals surface area contributed by atoms with E-state index in [9.17, 15) is 4.39 Å². The zero-order valence-electron chi connectivity index (χ0n) is 13.0. The van der Waals surface area contributed by atoms with Crippen molar-refractivity contribution in [3.63, 3.8) is 0 Å². The third-order valence-electron chi connectivity index (χ3n) is 3.41. The molecule has 0 aliphatic carbocycles. The van der Waals surface area contributed by atoms with Crippen LogP contribution in [0.3, 0.4) is 0 Å². The quantitative estimate of drug-likeness (QED) is 0.741. The molecule has 2 aromatic rings. The highest BCUT2D eigenvalue weighted by atomic mass is 35.5. The SMILES string of the molecule is CN(C)CCCc1cccc(OCc2c(F)cccc2Cl)c1. The van der Waals surface area contributed by atoms with Crippen molar-refractivity contribution >= 4 is 11.6 Å². The van der Waals surface area contributed by atoms with Gasteiger partial charge in [-0.25, -0.2) is 4.39 Å². The first-order valence-corrected chi connectivity index (χ1v) is 7.73. The van der Waals surface area contributed by atoms with Crippen LogP contribution >= 0.6 is 11.6 Å². The van der Waals surface area contributed by atoms with E-state index in [0.717, 1.165) is 25.1 Å². The lowest BCUT2D eigenvalue weighted by Crippen LogP contribution is -2.13. The van der Waals surface area contributed by atoms with Gasteiger partial charge in [0.25, 0.3) is 0 Å². The minimum absolute atomic E-state index is 0.132. The Hall–Kier alpha value is -1.58. The van der Waals surface area contributed by atoms with Crippen molar-refractivity contribution in [2.75, 3.05) is 20.6 Å². The molecule has 2 aromatic carbocycles. The molecule has 0 bridgehead atoms. The number of rotatable bonds is 7. The highest BCUT2D eigenvalue weighted by Crippen LogP contribution is 2.22. The van der Waals surface area contributed by atoms with Gasteiger partial charge in [0.2, 0.25) is 0 Å². The minimum Gasteiger partial charge on any atom is -0.489 e. The number of benzene rings is 2. The molecule has 0 N–H and O–H groups in total. The molecule has 2 nitrogen and oxygen atoms in total. The first kappa shape index (κ1) is 16.8. The third kappa shape index (κ3) is 5.00. The van der Waals surface area contributed by atoms with Crippen molar-refractivity contribution in [2.45, 2.75) is 19.4 Å². The van der Waals surface area contributed by atoms with E-state index in [0.29, 0.717) is 10.6 Å². The molecule has 0 heterocycles. The Bertz CT molecular complexity index is 596. The molecule has 0 aliphatic rings. The van der Waals surface area contributed by atoms with Crippen molar-refractivity contribution in [2.24, 2.45) is 0 Å². The van der Waals surface area contributed by atoms with Gasteiger partial charge in [-0.3, -0.25) is 0 Å². The minimum atomic E-state index is -0.338. The van der Waals surface area contributed by atoms with Crippen LogP contribution in [-0.4, -0.2) is 25.5 Å². The molecule has 0 amide bonds. The van der Waals surface area contributed by atoms with Crippen LogP contribution in [0.4, 0.5) is 4.39 Å². The highest BCUT2D eigenvalue weighted by Gasteiger charge is 2.07. The van der Waals surface area contributed by atoms with Crippen LogP contribution in [0.25, 0.3) is 0 Å². The van der Waals surface area contributed by atoms with Gasteiger partial charge in [0.05, 0.1) is 5.02 Å². The molecule has 0 atom stereocenters. The monoisotopic (exact) mass is 321 g/mol. The van der Waals surface area contributed by atoms with Gasteiger partial charge in [0.15, 0.2) is 0 Å². The van der Waals surface area contributed by atoms with Gasteiger partial charge in [0, 0.05) is 5.56 Å². The molecular formula is C18H21ClFNO. The standard InChI is InChI=1S/C18H21ClFNO/c1-21(2)11-5-7-14-6-3-8-15(12-14)22-13-16-17(19)9-4-10-18(16)20/h3-4,6,8-10,12H,5,7,11,13H2,1-2H3. The molecule has 0 radical (unpaired) electrons. The summed E-state index contributed by atoms with van der Waals surface area (Å²) in [5.74, 6) is 0.399. The van der Waals surface area contributed by atoms with Crippen LogP contribution in [-0.2, 0) is 13.0 Å². The Balaban J connectivity index is 1.96. The zero-order chi connectivity index (χ0) is 15.9. The van der Waals surface area contributed by atoms with Gasteiger partial charge in [-0.15, -0.1) is 0 Å². The lowest BCUT2D eigenvalue weighted by molar-refractivity contribution is 0.299. The first-order chi connectivity index (χ1) is 10.6. The van der Waals surface area contributed by atoms with Gasteiger partial charge >= 0.3 is 0 Å². The molecular weight excluding hydrogens is 301 g/mol. The van der Waals surface area contributed by atoms with E-state index in [-0.39, 0.29) is 12.4 Å².